The van der Waals surface area contributed by atoms with Gasteiger partial charge >= 0.3 is 0 Å². The van der Waals surface area contributed by atoms with Gasteiger partial charge in [-0.1, -0.05) is 13.8 Å². The molecule has 5 heteroatoms. The Kier molecular flexibility index (Phi) is 3.87. The molecule has 98 valence electrons. The monoisotopic (exact) mass is 247 g/mol. The molecule has 0 spiro atoms. The number of nitrogens with one attached hydrogen (secondary N) is 1. The lowest BCUT2D eigenvalue weighted by Crippen LogP contribution is -2.44. The zero-order valence-electron chi connectivity index (χ0n) is 11.3. The van der Waals surface area contributed by atoms with Gasteiger partial charge in [-0.15, -0.1) is 0 Å². The summed E-state index contributed by atoms with van der Waals surface area (Å²) in [5.74, 6) is 1.29. The van der Waals surface area contributed by atoms with E-state index in [-0.39, 0.29) is 5.92 Å². The molecule has 0 bridgehead atoms. The Balaban J connectivity index is 2.23. The summed E-state index contributed by atoms with van der Waals surface area (Å²) in [5.41, 5.74) is 0.892. The highest BCUT2D eigenvalue weighted by molar-refractivity contribution is 5.43. The van der Waals surface area contributed by atoms with Gasteiger partial charge in [-0.25, -0.2) is 0 Å². The normalized spacial score (nSPS) is 17.8. The lowest BCUT2D eigenvalue weighted by molar-refractivity contribution is 0.559. The van der Waals surface area contributed by atoms with E-state index in [1.54, 1.807) is 0 Å². The minimum absolute atomic E-state index is 0.118. The van der Waals surface area contributed by atoms with Gasteiger partial charge < -0.3 is 10.2 Å². The molecule has 2 heterocycles. The maximum Gasteiger partial charge on any atom is 0.126 e. The van der Waals surface area contributed by atoms with Crippen molar-refractivity contribution in [2.24, 2.45) is 13.0 Å². The average Bonchev–Trinajstić information content (AvgIpc) is 2.73. The molecule has 0 saturated carbocycles. The number of piperazine rings is 1. The van der Waals surface area contributed by atoms with Gasteiger partial charge in [-0.2, -0.15) is 10.4 Å². The summed E-state index contributed by atoms with van der Waals surface area (Å²) in [4.78, 5) is 2.32. The molecule has 2 rings (SSSR count). The van der Waals surface area contributed by atoms with Gasteiger partial charge in [0.25, 0.3) is 0 Å². The van der Waals surface area contributed by atoms with Crippen LogP contribution in [-0.4, -0.2) is 36.0 Å². The first kappa shape index (κ1) is 12.9. The molecule has 1 aliphatic heterocycles. The van der Waals surface area contributed by atoms with Crippen LogP contribution < -0.4 is 10.2 Å². The van der Waals surface area contributed by atoms with Crippen molar-refractivity contribution in [2.45, 2.75) is 19.8 Å². The SMILES string of the molecule is CC(C)C(C#N)c1cc(N2CCNCC2)n(C)n1. The predicted molar refractivity (Wildman–Crippen MR) is 71.5 cm³/mol. The van der Waals surface area contributed by atoms with E-state index in [1.165, 1.54) is 0 Å². The van der Waals surface area contributed by atoms with E-state index in [0.717, 1.165) is 37.7 Å². The fraction of sp³-hybridized carbons (Fsp3) is 0.692. The lowest BCUT2D eigenvalue weighted by Gasteiger charge is -2.28. The summed E-state index contributed by atoms with van der Waals surface area (Å²) < 4.78 is 1.90. The third-order valence-electron chi connectivity index (χ3n) is 3.44. The van der Waals surface area contributed by atoms with Gasteiger partial charge in [-0.05, 0) is 5.92 Å². The largest absolute Gasteiger partial charge is 0.354 e. The van der Waals surface area contributed by atoms with E-state index in [2.05, 4.69) is 41.3 Å². The van der Waals surface area contributed by atoms with Crippen molar-refractivity contribution in [2.75, 3.05) is 31.1 Å². The van der Waals surface area contributed by atoms with Crippen LogP contribution in [0.5, 0.6) is 0 Å². The van der Waals surface area contributed by atoms with Gasteiger partial charge in [0.2, 0.25) is 0 Å². The maximum absolute atomic E-state index is 9.24. The number of nitrogens with zero attached hydrogens (tertiary/aromatic N) is 4. The van der Waals surface area contributed by atoms with Crippen molar-refractivity contribution in [3.8, 4) is 6.07 Å². The van der Waals surface area contributed by atoms with Gasteiger partial charge in [-0.3, -0.25) is 4.68 Å². The molecule has 1 saturated heterocycles. The molecule has 1 atom stereocenters. The van der Waals surface area contributed by atoms with E-state index < -0.39 is 0 Å². The average molecular weight is 247 g/mol. The summed E-state index contributed by atoms with van der Waals surface area (Å²) in [6.45, 7) is 8.13. The van der Waals surface area contributed by atoms with Crippen LogP contribution in [0.3, 0.4) is 0 Å². The van der Waals surface area contributed by atoms with Crippen LogP contribution in [0, 0.1) is 17.2 Å². The summed E-state index contributed by atoms with van der Waals surface area (Å²) in [6, 6.07) is 4.42. The molecule has 1 aliphatic rings. The van der Waals surface area contributed by atoms with Gasteiger partial charge in [0.05, 0.1) is 17.7 Å². The number of aryl methyl sites for hydroxylation is 1. The van der Waals surface area contributed by atoms with Crippen molar-refractivity contribution >= 4 is 5.82 Å². The molecular formula is C13H21N5. The first-order chi connectivity index (χ1) is 8.63. The van der Waals surface area contributed by atoms with Crippen molar-refractivity contribution in [1.29, 1.82) is 5.26 Å². The predicted octanol–water partition coefficient (Wildman–Crippen LogP) is 1.09. The number of hydrogen-bond donors (Lipinski definition) is 1. The van der Waals surface area contributed by atoms with Crippen molar-refractivity contribution in [3.05, 3.63) is 11.8 Å². The van der Waals surface area contributed by atoms with E-state index in [0.29, 0.717) is 5.92 Å². The minimum atomic E-state index is -0.118. The highest BCUT2D eigenvalue weighted by Crippen LogP contribution is 2.26. The van der Waals surface area contributed by atoms with E-state index in [9.17, 15) is 5.26 Å². The fourth-order valence-corrected chi connectivity index (χ4v) is 2.38. The lowest BCUT2D eigenvalue weighted by atomic mass is 9.94. The Morgan fingerprint density at radius 3 is 2.61 bits per heavy atom. The van der Waals surface area contributed by atoms with Crippen LogP contribution in [0.4, 0.5) is 5.82 Å². The smallest absolute Gasteiger partial charge is 0.126 e. The van der Waals surface area contributed by atoms with Crippen molar-refractivity contribution < 1.29 is 0 Å². The summed E-state index contributed by atoms with van der Waals surface area (Å²) in [5, 5.41) is 17.1. The fourth-order valence-electron chi connectivity index (χ4n) is 2.38. The third kappa shape index (κ3) is 2.49. The number of rotatable bonds is 3. The van der Waals surface area contributed by atoms with Gasteiger partial charge in [0.1, 0.15) is 5.82 Å². The topological polar surface area (TPSA) is 56.9 Å². The minimum Gasteiger partial charge on any atom is -0.354 e. The molecule has 0 radical (unpaired) electrons. The number of anilines is 1. The Bertz CT molecular complexity index is 437. The molecule has 1 aromatic rings. The second-order valence-corrected chi connectivity index (χ2v) is 5.14. The van der Waals surface area contributed by atoms with Crippen LogP contribution in [0.15, 0.2) is 6.07 Å². The molecule has 0 aliphatic carbocycles. The Morgan fingerprint density at radius 2 is 2.06 bits per heavy atom. The summed E-state index contributed by atoms with van der Waals surface area (Å²) in [7, 11) is 1.95. The van der Waals surface area contributed by atoms with Crippen LogP contribution in [-0.2, 0) is 7.05 Å². The Labute approximate surface area is 108 Å². The molecule has 0 aromatic carbocycles. The molecule has 1 aromatic heterocycles. The Hall–Kier alpha value is -1.54. The van der Waals surface area contributed by atoms with Crippen LogP contribution in [0.25, 0.3) is 0 Å². The van der Waals surface area contributed by atoms with E-state index >= 15 is 0 Å². The van der Waals surface area contributed by atoms with Crippen LogP contribution >= 0.6 is 0 Å². The van der Waals surface area contributed by atoms with Crippen molar-refractivity contribution in [1.82, 2.24) is 15.1 Å². The van der Waals surface area contributed by atoms with E-state index in [4.69, 9.17) is 0 Å². The van der Waals surface area contributed by atoms with E-state index in [1.807, 2.05) is 11.7 Å². The second-order valence-electron chi connectivity index (χ2n) is 5.14. The molecule has 0 amide bonds. The molecule has 1 unspecified atom stereocenters. The maximum atomic E-state index is 9.24. The first-order valence-electron chi connectivity index (χ1n) is 6.52. The molecule has 18 heavy (non-hydrogen) atoms. The van der Waals surface area contributed by atoms with Gasteiger partial charge in [0, 0.05) is 39.3 Å². The zero-order chi connectivity index (χ0) is 13.1. The Morgan fingerprint density at radius 1 is 1.39 bits per heavy atom. The van der Waals surface area contributed by atoms with Crippen molar-refractivity contribution in [3.63, 3.8) is 0 Å². The third-order valence-corrected chi connectivity index (χ3v) is 3.44. The molecule has 1 N–H and O–H groups in total. The molecule has 5 nitrogen and oxygen atoms in total. The second kappa shape index (κ2) is 5.40. The summed E-state index contributed by atoms with van der Waals surface area (Å²) in [6.07, 6.45) is 0. The highest BCUT2D eigenvalue weighted by atomic mass is 15.4. The quantitative estimate of drug-likeness (QED) is 0.869. The standard InChI is InChI=1S/C13H21N5/c1-10(2)11(9-14)12-8-13(17(3)16-12)18-6-4-15-5-7-18/h8,10-11,15H,4-7H2,1-3H3. The number of nitriles is 1. The summed E-state index contributed by atoms with van der Waals surface area (Å²) >= 11 is 0. The van der Waals surface area contributed by atoms with Gasteiger partial charge in [0.15, 0.2) is 0 Å². The highest BCUT2D eigenvalue weighted by Gasteiger charge is 2.22. The number of aromatic nitrogens is 2. The zero-order valence-corrected chi connectivity index (χ0v) is 11.3. The van der Waals surface area contributed by atoms with Crippen LogP contribution in [0.1, 0.15) is 25.5 Å². The van der Waals surface area contributed by atoms with Crippen LogP contribution in [0.2, 0.25) is 0 Å². The number of hydrogen-bond acceptors (Lipinski definition) is 4. The first-order valence-corrected chi connectivity index (χ1v) is 6.52. The molecular weight excluding hydrogens is 226 g/mol. The molecule has 1 fully saturated rings.